The van der Waals surface area contributed by atoms with E-state index < -0.39 is 0 Å². The molecule has 0 aliphatic heterocycles. The smallest absolute Gasteiger partial charge is 0.0269 e. The first-order valence-electron chi connectivity index (χ1n) is 7.05. The molecule has 0 fully saturated rings. The van der Waals surface area contributed by atoms with Crippen LogP contribution in [-0.2, 0) is 0 Å². The van der Waals surface area contributed by atoms with E-state index in [-0.39, 0.29) is 0 Å². The van der Waals surface area contributed by atoms with Gasteiger partial charge in [0.15, 0.2) is 0 Å². The Morgan fingerprint density at radius 3 is 2.71 bits per heavy atom. The third-order valence-electron chi connectivity index (χ3n) is 3.46. The van der Waals surface area contributed by atoms with Gasteiger partial charge in [0, 0.05) is 10.6 Å². The minimum atomic E-state index is 0.921. The average Bonchev–Trinajstić information content (AvgIpc) is 2.49. The number of allylic oxidation sites excluding steroid dienone is 7. The molecule has 0 aromatic heterocycles. The second-order valence-electron chi connectivity index (χ2n) is 4.93. The quantitative estimate of drug-likeness (QED) is 0.571. The molecule has 0 saturated carbocycles. The van der Waals surface area contributed by atoms with Crippen molar-refractivity contribution in [1.82, 2.24) is 0 Å². The molecule has 0 radical (unpaired) electrons. The Morgan fingerprint density at radius 1 is 1.29 bits per heavy atom. The van der Waals surface area contributed by atoms with Crippen LogP contribution in [0.15, 0.2) is 71.7 Å². The predicted molar refractivity (Wildman–Crippen MR) is 95.8 cm³/mol. The average molecular weight is 295 g/mol. The maximum Gasteiger partial charge on any atom is 0.0269 e. The molecule has 0 atom stereocenters. The Kier molecular flexibility index (Phi) is 5.29. The SMILES string of the molecule is C=CSc1c(C(=C)/C=C\C)cccc1C1=CC=C(N)CC1. The zero-order valence-electron chi connectivity index (χ0n) is 12.4. The van der Waals surface area contributed by atoms with Crippen LogP contribution in [0.1, 0.15) is 30.9 Å². The van der Waals surface area contributed by atoms with Gasteiger partial charge in [0.25, 0.3) is 0 Å². The predicted octanol–water partition coefficient (Wildman–Crippen LogP) is 5.53. The third-order valence-corrected chi connectivity index (χ3v) is 4.30. The second-order valence-corrected chi connectivity index (χ2v) is 5.90. The maximum absolute atomic E-state index is 5.86. The van der Waals surface area contributed by atoms with E-state index in [9.17, 15) is 0 Å². The fourth-order valence-electron chi connectivity index (χ4n) is 2.42. The fraction of sp³-hybridized carbons (Fsp3) is 0.158. The van der Waals surface area contributed by atoms with Gasteiger partial charge in [-0.05, 0) is 53.5 Å². The van der Waals surface area contributed by atoms with Crippen molar-refractivity contribution >= 4 is 22.9 Å². The lowest BCUT2D eigenvalue weighted by molar-refractivity contribution is 0.955. The third kappa shape index (κ3) is 3.59. The second kappa shape index (κ2) is 7.19. The molecular formula is C19H21NS. The molecule has 1 nitrogen and oxygen atoms in total. The summed E-state index contributed by atoms with van der Waals surface area (Å²) in [5, 5.41) is 1.87. The molecule has 0 bridgehead atoms. The Bertz CT molecular complexity index is 648. The van der Waals surface area contributed by atoms with Gasteiger partial charge in [-0.25, -0.2) is 0 Å². The van der Waals surface area contributed by atoms with Crippen LogP contribution in [0.5, 0.6) is 0 Å². The summed E-state index contributed by atoms with van der Waals surface area (Å²) < 4.78 is 0. The molecule has 1 aliphatic rings. The van der Waals surface area contributed by atoms with Gasteiger partial charge < -0.3 is 5.73 Å². The van der Waals surface area contributed by atoms with Crippen molar-refractivity contribution in [2.45, 2.75) is 24.7 Å². The van der Waals surface area contributed by atoms with Crippen molar-refractivity contribution in [1.29, 1.82) is 0 Å². The summed E-state index contributed by atoms with van der Waals surface area (Å²) in [6, 6.07) is 6.37. The molecule has 21 heavy (non-hydrogen) atoms. The highest BCUT2D eigenvalue weighted by Crippen LogP contribution is 2.38. The first-order valence-corrected chi connectivity index (χ1v) is 7.93. The molecule has 1 aromatic rings. The Hall–Kier alpha value is -1.93. The number of thioether (sulfide) groups is 1. The van der Waals surface area contributed by atoms with Crippen LogP contribution in [0.3, 0.4) is 0 Å². The Labute approximate surface area is 131 Å². The molecule has 1 aliphatic carbocycles. The van der Waals surface area contributed by atoms with E-state index in [1.807, 2.05) is 30.6 Å². The fourth-order valence-corrected chi connectivity index (χ4v) is 3.24. The van der Waals surface area contributed by atoms with Gasteiger partial charge in [0.1, 0.15) is 0 Å². The van der Waals surface area contributed by atoms with Gasteiger partial charge in [0.05, 0.1) is 0 Å². The minimum absolute atomic E-state index is 0.921. The summed E-state index contributed by atoms with van der Waals surface area (Å²) in [4.78, 5) is 1.22. The summed E-state index contributed by atoms with van der Waals surface area (Å²) in [7, 11) is 0. The number of benzene rings is 1. The lowest BCUT2D eigenvalue weighted by Gasteiger charge is -2.18. The summed E-state index contributed by atoms with van der Waals surface area (Å²) >= 11 is 1.65. The zero-order chi connectivity index (χ0) is 15.2. The van der Waals surface area contributed by atoms with Crippen molar-refractivity contribution in [3.05, 3.63) is 77.9 Å². The standard InChI is InChI=1S/C19H21NS/c1-4-7-14(3)17-8-6-9-18(19(17)21-5-2)15-10-12-16(20)13-11-15/h4-10,12H,2-3,11,13,20H2,1H3/b7-4-. The summed E-state index contributed by atoms with van der Waals surface area (Å²) in [5.41, 5.74) is 11.6. The van der Waals surface area contributed by atoms with Crippen LogP contribution in [0.4, 0.5) is 0 Å². The lowest BCUT2D eigenvalue weighted by Crippen LogP contribution is -2.02. The van der Waals surface area contributed by atoms with Crippen LogP contribution in [0, 0.1) is 0 Å². The molecule has 108 valence electrons. The molecule has 0 saturated heterocycles. The van der Waals surface area contributed by atoms with E-state index in [1.165, 1.54) is 21.6 Å². The van der Waals surface area contributed by atoms with E-state index in [4.69, 9.17) is 5.73 Å². The van der Waals surface area contributed by atoms with Crippen molar-refractivity contribution in [3.8, 4) is 0 Å². The van der Waals surface area contributed by atoms with Gasteiger partial charge in [0.2, 0.25) is 0 Å². The van der Waals surface area contributed by atoms with E-state index >= 15 is 0 Å². The molecule has 0 spiro atoms. The Balaban J connectivity index is 2.53. The number of hydrogen-bond acceptors (Lipinski definition) is 2. The first kappa shape index (κ1) is 15.5. The normalized spacial score (nSPS) is 14.7. The highest BCUT2D eigenvalue weighted by molar-refractivity contribution is 8.02. The van der Waals surface area contributed by atoms with Gasteiger partial charge in [-0.1, -0.05) is 61.3 Å². The molecule has 2 heteroatoms. The first-order chi connectivity index (χ1) is 10.2. The molecule has 0 amide bonds. The van der Waals surface area contributed by atoms with Gasteiger partial charge >= 0.3 is 0 Å². The molecule has 1 aromatic carbocycles. The molecule has 0 heterocycles. The molecule has 0 unspecified atom stereocenters. The summed E-state index contributed by atoms with van der Waals surface area (Å²) in [5.74, 6) is 0. The maximum atomic E-state index is 5.86. The van der Waals surface area contributed by atoms with Gasteiger partial charge in [-0.3, -0.25) is 0 Å². The van der Waals surface area contributed by atoms with Gasteiger partial charge in [-0.2, -0.15) is 0 Å². The number of nitrogens with two attached hydrogens (primary N) is 1. The van der Waals surface area contributed by atoms with Crippen LogP contribution in [0.2, 0.25) is 0 Å². The summed E-state index contributed by atoms with van der Waals surface area (Å²) in [6.45, 7) is 10.0. The monoisotopic (exact) mass is 295 g/mol. The highest BCUT2D eigenvalue weighted by Gasteiger charge is 2.14. The van der Waals surface area contributed by atoms with E-state index in [2.05, 4.69) is 37.4 Å². The van der Waals surface area contributed by atoms with Crippen molar-refractivity contribution in [3.63, 3.8) is 0 Å². The molecular weight excluding hydrogens is 274 g/mol. The minimum Gasteiger partial charge on any atom is -0.402 e. The zero-order valence-corrected chi connectivity index (χ0v) is 13.2. The van der Waals surface area contributed by atoms with Gasteiger partial charge in [-0.15, -0.1) is 0 Å². The van der Waals surface area contributed by atoms with Crippen molar-refractivity contribution in [2.75, 3.05) is 0 Å². The largest absolute Gasteiger partial charge is 0.402 e. The van der Waals surface area contributed by atoms with E-state index in [0.29, 0.717) is 0 Å². The topological polar surface area (TPSA) is 26.0 Å². The Morgan fingerprint density at radius 2 is 2.10 bits per heavy atom. The van der Waals surface area contributed by atoms with Crippen LogP contribution < -0.4 is 5.73 Å². The highest BCUT2D eigenvalue weighted by atomic mass is 32.2. The van der Waals surface area contributed by atoms with Crippen LogP contribution in [0.25, 0.3) is 11.1 Å². The van der Waals surface area contributed by atoms with Crippen LogP contribution >= 0.6 is 11.8 Å². The van der Waals surface area contributed by atoms with E-state index in [1.54, 1.807) is 11.8 Å². The number of hydrogen-bond donors (Lipinski definition) is 1. The van der Waals surface area contributed by atoms with Crippen LogP contribution in [-0.4, -0.2) is 0 Å². The summed E-state index contributed by atoms with van der Waals surface area (Å²) in [6.07, 6.45) is 10.1. The molecule has 2 rings (SSSR count). The van der Waals surface area contributed by atoms with E-state index in [0.717, 1.165) is 24.1 Å². The van der Waals surface area contributed by atoms with Crippen molar-refractivity contribution in [2.24, 2.45) is 5.73 Å². The molecule has 2 N–H and O–H groups in total. The van der Waals surface area contributed by atoms with Crippen molar-refractivity contribution < 1.29 is 0 Å². The number of rotatable bonds is 5. The lowest BCUT2D eigenvalue weighted by atomic mass is 9.93.